The van der Waals surface area contributed by atoms with Gasteiger partial charge in [0.1, 0.15) is 0 Å². The summed E-state index contributed by atoms with van der Waals surface area (Å²) >= 11 is 0. The molecule has 0 radical (unpaired) electrons. The number of carbonyl (C=O) groups is 4. The summed E-state index contributed by atoms with van der Waals surface area (Å²) in [7, 11) is 0. The molecule has 194 valence electrons. The number of allylic oxidation sites excluding steroid dienone is 4. The molecule has 0 saturated carbocycles. The number of hydrogen-bond acceptors (Lipinski definition) is 8. The predicted octanol–water partition coefficient (Wildman–Crippen LogP) is 2.57. The van der Waals surface area contributed by atoms with Gasteiger partial charge >= 0.3 is 0 Å². The molecule has 0 aromatic heterocycles. The van der Waals surface area contributed by atoms with Crippen molar-refractivity contribution in [3.05, 3.63) is 93.3 Å². The number of likely N-dealkylation sites (tertiary alicyclic amines) is 2. The molecule has 2 aliphatic carbocycles. The minimum Gasteiger partial charge on any atom is -0.393 e. The van der Waals surface area contributed by atoms with E-state index in [4.69, 9.17) is 0 Å². The summed E-state index contributed by atoms with van der Waals surface area (Å²) in [6, 6.07) is 13.1. The molecular weight excluding hydrogens is 484 g/mol. The van der Waals surface area contributed by atoms with Crippen molar-refractivity contribution in [2.75, 3.05) is 26.2 Å². The molecule has 0 atom stereocenters. The van der Waals surface area contributed by atoms with Crippen LogP contribution in [0.1, 0.15) is 67.1 Å². The van der Waals surface area contributed by atoms with Gasteiger partial charge < -0.3 is 20.0 Å². The van der Waals surface area contributed by atoms with Crippen molar-refractivity contribution in [1.82, 2.24) is 9.80 Å². The molecule has 2 fully saturated rings. The van der Waals surface area contributed by atoms with Gasteiger partial charge in [0.15, 0.2) is 11.6 Å². The molecular formula is C30H28N2O6. The largest absolute Gasteiger partial charge is 0.393 e. The van der Waals surface area contributed by atoms with Gasteiger partial charge in [-0.2, -0.15) is 0 Å². The van der Waals surface area contributed by atoms with Crippen molar-refractivity contribution in [2.24, 2.45) is 0 Å². The number of hydrogen-bond donors (Lipinski definition) is 2. The molecule has 38 heavy (non-hydrogen) atoms. The maximum atomic E-state index is 14.2. The number of benzene rings is 2. The van der Waals surface area contributed by atoms with Gasteiger partial charge in [-0.1, -0.05) is 48.5 Å². The molecule has 6 rings (SSSR count). The normalized spacial score (nSPS) is 21.3. The van der Waals surface area contributed by atoms with Crippen LogP contribution < -0.4 is 0 Å². The summed E-state index contributed by atoms with van der Waals surface area (Å²) in [4.78, 5) is 59.9. The maximum absolute atomic E-state index is 14.2. The van der Waals surface area contributed by atoms with Crippen molar-refractivity contribution in [2.45, 2.75) is 37.9 Å². The third kappa shape index (κ3) is 3.83. The summed E-state index contributed by atoms with van der Waals surface area (Å²) < 4.78 is 0. The molecule has 2 N–H and O–H groups in total. The Bertz CT molecular complexity index is 1330. The zero-order valence-corrected chi connectivity index (χ0v) is 20.9. The number of nitrogens with zero attached hydrogens (tertiary/aromatic N) is 2. The summed E-state index contributed by atoms with van der Waals surface area (Å²) in [5, 5.41) is 20.2. The topological polar surface area (TPSA) is 115 Å². The minimum atomic E-state index is -0.503. The Balaban J connectivity index is 1.63. The molecule has 2 aromatic rings. The highest BCUT2D eigenvalue weighted by Gasteiger charge is 2.45. The van der Waals surface area contributed by atoms with Crippen LogP contribution in [0, 0.1) is 0 Å². The Morgan fingerprint density at radius 3 is 1.11 bits per heavy atom. The minimum absolute atomic E-state index is 0.0425. The fourth-order valence-corrected chi connectivity index (χ4v) is 5.97. The van der Waals surface area contributed by atoms with Gasteiger partial charge in [0.2, 0.25) is 11.6 Å². The van der Waals surface area contributed by atoms with E-state index in [0.717, 1.165) is 0 Å². The smallest absolute Gasteiger partial charge is 0.210 e. The second kappa shape index (κ2) is 9.45. The Kier molecular flexibility index (Phi) is 6.08. The van der Waals surface area contributed by atoms with Crippen molar-refractivity contribution in [3.63, 3.8) is 0 Å². The van der Waals surface area contributed by atoms with Crippen LogP contribution >= 0.6 is 0 Å². The van der Waals surface area contributed by atoms with Gasteiger partial charge in [-0.05, 0) is 25.7 Å². The van der Waals surface area contributed by atoms with Crippen LogP contribution in [-0.4, -0.2) is 81.5 Å². The first-order chi connectivity index (χ1) is 18.4. The van der Waals surface area contributed by atoms with Gasteiger partial charge in [0.25, 0.3) is 0 Å². The quantitative estimate of drug-likeness (QED) is 0.645. The monoisotopic (exact) mass is 512 g/mol. The second-order valence-electron chi connectivity index (χ2n) is 10.3. The molecule has 0 unspecified atom stereocenters. The lowest BCUT2D eigenvalue weighted by atomic mass is 9.76. The number of aliphatic hydroxyl groups excluding tert-OH is 2. The average Bonchev–Trinajstić information content (AvgIpc) is 2.94. The number of Topliss-reactive ketones (excluding diaryl/α,β-unsaturated/α-hetero) is 4. The number of fused-ring (bicyclic) bond motifs is 2. The number of ketones is 4. The van der Waals surface area contributed by atoms with E-state index in [2.05, 4.69) is 0 Å². The lowest BCUT2D eigenvalue weighted by Crippen LogP contribution is -2.44. The van der Waals surface area contributed by atoms with Crippen LogP contribution in [0.25, 0.3) is 0 Å². The van der Waals surface area contributed by atoms with E-state index in [1.54, 1.807) is 58.3 Å². The van der Waals surface area contributed by atoms with Crippen LogP contribution in [0.2, 0.25) is 0 Å². The summed E-state index contributed by atoms with van der Waals surface area (Å²) in [6.07, 6.45) is 0.682. The Hall–Kier alpha value is -3.88. The molecule has 4 aliphatic rings. The van der Waals surface area contributed by atoms with Crippen LogP contribution in [0.4, 0.5) is 0 Å². The van der Waals surface area contributed by atoms with E-state index < -0.39 is 23.8 Å². The van der Waals surface area contributed by atoms with E-state index in [0.29, 0.717) is 51.9 Å². The van der Waals surface area contributed by atoms with E-state index in [-0.39, 0.29) is 56.4 Å². The lowest BCUT2D eigenvalue weighted by Gasteiger charge is -2.39. The first-order valence-corrected chi connectivity index (χ1v) is 13.1. The molecule has 2 saturated heterocycles. The summed E-state index contributed by atoms with van der Waals surface area (Å²) in [6.45, 7) is 1.38. The number of piperidine rings is 2. The van der Waals surface area contributed by atoms with Gasteiger partial charge in [-0.3, -0.25) is 19.2 Å². The van der Waals surface area contributed by atoms with E-state index in [1.807, 2.05) is 0 Å². The van der Waals surface area contributed by atoms with E-state index >= 15 is 0 Å². The number of carbonyl (C=O) groups excluding carboxylic acids is 4. The Morgan fingerprint density at radius 2 is 0.789 bits per heavy atom. The number of aliphatic hydroxyl groups is 2. The third-order valence-electron chi connectivity index (χ3n) is 8.00. The highest BCUT2D eigenvalue weighted by Crippen LogP contribution is 2.40. The van der Waals surface area contributed by atoms with Crippen molar-refractivity contribution < 1.29 is 29.4 Å². The van der Waals surface area contributed by atoms with Crippen LogP contribution in [-0.2, 0) is 0 Å². The standard InChI is InChI=1S/C30H28N2O6/c33-17-9-13-31(14-10-17)25-23(27(35)19-5-1-3-7-21(19)29(25)37)24-26(32-15-11-18(34)12-16-32)30(38)22-8-4-2-6-20(22)28(24)36/h1-8,17-18,33-34H,9-16H2. The van der Waals surface area contributed by atoms with Gasteiger partial charge in [0, 0.05) is 48.4 Å². The Labute approximate surface area is 219 Å². The highest BCUT2D eigenvalue weighted by atomic mass is 16.3. The zero-order valence-electron chi connectivity index (χ0n) is 20.9. The Morgan fingerprint density at radius 1 is 0.500 bits per heavy atom. The fraction of sp³-hybridized carbons (Fsp3) is 0.333. The summed E-state index contributed by atoms with van der Waals surface area (Å²) in [5.41, 5.74) is 1.08. The third-order valence-corrected chi connectivity index (χ3v) is 8.00. The molecule has 8 nitrogen and oxygen atoms in total. The lowest BCUT2D eigenvalue weighted by molar-refractivity contribution is 0.0792. The van der Waals surface area contributed by atoms with Crippen LogP contribution in [0.15, 0.2) is 71.1 Å². The second-order valence-corrected chi connectivity index (χ2v) is 10.3. The van der Waals surface area contributed by atoms with Crippen molar-refractivity contribution in [1.29, 1.82) is 0 Å². The zero-order chi connectivity index (χ0) is 26.6. The predicted molar refractivity (Wildman–Crippen MR) is 138 cm³/mol. The SMILES string of the molecule is O=C1C(C2=C(N3CCC(O)CC3)C(=O)c3ccccc3C2=O)=C(N2CCC(O)CC2)C(=O)c2ccccc21. The molecule has 2 aromatic carbocycles. The molecule has 2 heterocycles. The van der Waals surface area contributed by atoms with Crippen LogP contribution in [0.3, 0.4) is 0 Å². The van der Waals surface area contributed by atoms with E-state index in [9.17, 15) is 29.4 Å². The summed E-state index contributed by atoms with van der Waals surface area (Å²) in [5.74, 6) is -1.67. The fourth-order valence-electron chi connectivity index (χ4n) is 5.97. The maximum Gasteiger partial charge on any atom is 0.210 e. The molecule has 2 aliphatic heterocycles. The van der Waals surface area contributed by atoms with Crippen molar-refractivity contribution >= 4 is 23.1 Å². The van der Waals surface area contributed by atoms with Gasteiger partial charge in [0.05, 0.1) is 34.7 Å². The van der Waals surface area contributed by atoms with E-state index in [1.165, 1.54) is 0 Å². The molecule has 8 heteroatoms. The number of rotatable bonds is 3. The molecule has 0 amide bonds. The van der Waals surface area contributed by atoms with Gasteiger partial charge in [-0.25, -0.2) is 0 Å². The average molecular weight is 513 g/mol. The highest BCUT2D eigenvalue weighted by molar-refractivity contribution is 6.36. The first kappa shape index (κ1) is 24.5. The molecule has 0 spiro atoms. The van der Waals surface area contributed by atoms with Gasteiger partial charge in [-0.15, -0.1) is 0 Å². The molecule has 0 bridgehead atoms. The van der Waals surface area contributed by atoms with Crippen molar-refractivity contribution in [3.8, 4) is 0 Å². The van der Waals surface area contributed by atoms with Crippen LogP contribution in [0.5, 0.6) is 0 Å². The first-order valence-electron chi connectivity index (χ1n) is 13.1.